The number of hydrogen-bond acceptors (Lipinski definition) is 4. The van der Waals surface area contributed by atoms with Gasteiger partial charge >= 0.3 is 0 Å². The van der Waals surface area contributed by atoms with Crippen molar-refractivity contribution in [3.8, 4) is 5.75 Å². The number of phenols is 1. The van der Waals surface area contributed by atoms with E-state index in [0.717, 1.165) is 6.07 Å². The van der Waals surface area contributed by atoms with Crippen LogP contribution in [0.15, 0.2) is 11.0 Å². The Bertz CT molecular complexity index is 579. The summed E-state index contributed by atoms with van der Waals surface area (Å²) in [5, 5.41) is 18.7. The van der Waals surface area contributed by atoms with Crippen molar-refractivity contribution in [3.05, 3.63) is 23.3 Å². The van der Waals surface area contributed by atoms with Crippen LogP contribution >= 0.6 is 0 Å². The highest BCUT2D eigenvalue weighted by molar-refractivity contribution is 7.90. The molecule has 0 radical (unpaired) electrons. The zero-order chi connectivity index (χ0) is 14.3. The largest absolute Gasteiger partial charge is 0.505 e. The molecule has 0 aliphatic carbocycles. The first-order valence-electron chi connectivity index (χ1n) is 5.04. The van der Waals surface area contributed by atoms with E-state index in [-0.39, 0.29) is 5.56 Å². The Morgan fingerprint density at radius 1 is 1.33 bits per heavy atom. The van der Waals surface area contributed by atoms with Crippen LogP contribution in [-0.2, 0) is 15.3 Å². The van der Waals surface area contributed by atoms with E-state index in [1.54, 1.807) is 0 Å². The molecule has 0 saturated carbocycles. The first kappa shape index (κ1) is 14.8. The maximum Gasteiger partial charge on any atom is 0.186 e. The quantitative estimate of drug-likeness (QED) is 0.876. The molecule has 0 unspecified atom stereocenters. The summed E-state index contributed by atoms with van der Waals surface area (Å²) in [7, 11) is -4.13. The Labute approximate surface area is 104 Å². The van der Waals surface area contributed by atoms with Crippen molar-refractivity contribution >= 4 is 9.84 Å². The van der Waals surface area contributed by atoms with E-state index in [9.17, 15) is 22.3 Å². The van der Waals surface area contributed by atoms with Gasteiger partial charge in [0.05, 0.1) is 6.61 Å². The van der Waals surface area contributed by atoms with E-state index in [0.29, 0.717) is 6.26 Å². The van der Waals surface area contributed by atoms with Crippen LogP contribution in [0.5, 0.6) is 5.75 Å². The van der Waals surface area contributed by atoms with Gasteiger partial charge in [0.1, 0.15) is 10.7 Å². The van der Waals surface area contributed by atoms with Crippen molar-refractivity contribution in [2.24, 2.45) is 0 Å². The topological polar surface area (TPSA) is 74.6 Å². The SMILES string of the molecule is CC(C)(CO)c1cc(F)c(S(C)(=O)=O)c(F)c1O. The van der Waals surface area contributed by atoms with Gasteiger partial charge < -0.3 is 10.2 Å². The van der Waals surface area contributed by atoms with E-state index < -0.39 is 44.1 Å². The Kier molecular flexibility index (Phi) is 3.69. The standard InChI is InChI=1S/C11H14F2O4S/c1-11(2,5-14)6-4-7(12)10(18(3,16)17)8(13)9(6)15/h4,14-15H,5H2,1-3H3. The number of sulfone groups is 1. The number of aliphatic hydroxyl groups is 1. The molecule has 0 bridgehead atoms. The van der Waals surface area contributed by atoms with Crippen molar-refractivity contribution in [2.45, 2.75) is 24.2 Å². The molecule has 7 heteroatoms. The number of benzene rings is 1. The fraction of sp³-hybridized carbons (Fsp3) is 0.455. The summed E-state index contributed by atoms with van der Waals surface area (Å²) in [6.07, 6.45) is 0.644. The lowest BCUT2D eigenvalue weighted by atomic mass is 9.85. The van der Waals surface area contributed by atoms with E-state index >= 15 is 0 Å². The third-order valence-electron chi connectivity index (χ3n) is 2.65. The molecule has 1 rings (SSSR count). The highest BCUT2D eigenvalue weighted by atomic mass is 32.2. The van der Waals surface area contributed by atoms with E-state index in [1.807, 2.05) is 0 Å². The number of halogens is 2. The summed E-state index contributed by atoms with van der Waals surface area (Å²) in [6, 6.07) is 0.727. The van der Waals surface area contributed by atoms with Gasteiger partial charge in [0.2, 0.25) is 0 Å². The number of aliphatic hydroxyl groups excluding tert-OH is 1. The van der Waals surface area contributed by atoms with Crippen LogP contribution in [0.25, 0.3) is 0 Å². The van der Waals surface area contributed by atoms with E-state index in [1.165, 1.54) is 13.8 Å². The minimum absolute atomic E-state index is 0.188. The predicted octanol–water partition coefficient (Wildman–Crippen LogP) is 1.34. The van der Waals surface area contributed by atoms with Crippen molar-refractivity contribution in [1.82, 2.24) is 0 Å². The van der Waals surface area contributed by atoms with Gasteiger partial charge in [-0.05, 0) is 6.07 Å². The summed E-state index contributed by atoms with van der Waals surface area (Å²) in [5.41, 5.74) is -1.28. The molecule has 0 saturated heterocycles. The zero-order valence-electron chi connectivity index (χ0n) is 10.2. The summed E-state index contributed by atoms with van der Waals surface area (Å²) >= 11 is 0. The van der Waals surface area contributed by atoms with Gasteiger partial charge in [-0.15, -0.1) is 0 Å². The predicted molar refractivity (Wildman–Crippen MR) is 61.2 cm³/mol. The zero-order valence-corrected chi connectivity index (χ0v) is 11.0. The molecule has 0 heterocycles. The second-order valence-corrected chi connectivity index (χ2v) is 6.66. The second kappa shape index (κ2) is 4.47. The minimum atomic E-state index is -4.13. The van der Waals surface area contributed by atoms with Crippen LogP contribution in [-0.4, -0.2) is 31.5 Å². The fourth-order valence-corrected chi connectivity index (χ4v) is 2.37. The lowest BCUT2D eigenvalue weighted by Crippen LogP contribution is -2.23. The van der Waals surface area contributed by atoms with E-state index in [2.05, 4.69) is 0 Å². The fourth-order valence-electron chi connectivity index (χ4n) is 1.53. The molecule has 0 fully saturated rings. The van der Waals surface area contributed by atoms with Crippen LogP contribution < -0.4 is 0 Å². The first-order chi connectivity index (χ1) is 8.02. The van der Waals surface area contributed by atoms with Gasteiger partial charge in [0, 0.05) is 17.2 Å². The van der Waals surface area contributed by atoms with Gasteiger partial charge in [0.25, 0.3) is 0 Å². The Balaban J connectivity index is 3.68. The Morgan fingerprint density at radius 3 is 2.22 bits per heavy atom. The summed E-state index contributed by atoms with van der Waals surface area (Å²) in [5.74, 6) is -3.78. The first-order valence-corrected chi connectivity index (χ1v) is 6.94. The molecule has 0 aromatic heterocycles. The normalized spacial score (nSPS) is 12.8. The molecule has 0 aliphatic heterocycles. The van der Waals surface area contributed by atoms with Gasteiger partial charge in [-0.25, -0.2) is 17.2 Å². The number of phenolic OH excluding ortho intramolecular Hbond substituents is 1. The molecule has 4 nitrogen and oxygen atoms in total. The van der Waals surface area contributed by atoms with Crippen molar-refractivity contribution in [3.63, 3.8) is 0 Å². The maximum absolute atomic E-state index is 13.7. The van der Waals surface area contributed by atoms with Gasteiger partial charge in [0.15, 0.2) is 21.4 Å². The van der Waals surface area contributed by atoms with Crippen LogP contribution in [0, 0.1) is 11.6 Å². The van der Waals surface area contributed by atoms with Crippen LogP contribution in [0.1, 0.15) is 19.4 Å². The Morgan fingerprint density at radius 2 is 1.83 bits per heavy atom. The summed E-state index contributed by atoms with van der Waals surface area (Å²) in [6.45, 7) is 2.46. The lowest BCUT2D eigenvalue weighted by Gasteiger charge is -2.24. The smallest absolute Gasteiger partial charge is 0.186 e. The van der Waals surface area contributed by atoms with Crippen molar-refractivity contribution < 1.29 is 27.4 Å². The minimum Gasteiger partial charge on any atom is -0.505 e. The van der Waals surface area contributed by atoms with Crippen LogP contribution in [0.3, 0.4) is 0 Å². The maximum atomic E-state index is 13.7. The highest BCUT2D eigenvalue weighted by Crippen LogP contribution is 2.36. The summed E-state index contributed by atoms with van der Waals surface area (Å²) in [4.78, 5) is -1.17. The molecule has 0 amide bonds. The van der Waals surface area contributed by atoms with Crippen molar-refractivity contribution in [2.75, 3.05) is 12.9 Å². The number of rotatable bonds is 3. The monoisotopic (exact) mass is 280 g/mol. The molecule has 102 valence electrons. The van der Waals surface area contributed by atoms with Crippen molar-refractivity contribution in [1.29, 1.82) is 0 Å². The lowest BCUT2D eigenvalue weighted by molar-refractivity contribution is 0.213. The molecule has 2 N–H and O–H groups in total. The highest BCUT2D eigenvalue weighted by Gasteiger charge is 2.31. The molecule has 0 atom stereocenters. The average Bonchev–Trinajstić information content (AvgIpc) is 2.21. The Hall–Kier alpha value is -1.21. The molecule has 18 heavy (non-hydrogen) atoms. The molecule has 0 spiro atoms. The van der Waals surface area contributed by atoms with E-state index in [4.69, 9.17) is 5.11 Å². The molecular weight excluding hydrogens is 266 g/mol. The molecule has 1 aromatic carbocycles. The third-order valence-corrected chi connectivity index (χ3v) is 3.76. The van der Waals surface area contributed by atoms with Gasteiger partial charge in [-0.2, -0.15) is 0 Å². The third kappa shape index (κ3) is 2.46. The number of hydrogen-bond donors (Lipinski definition) is 2. The van der Waals surface area contributed by atoms with Crippen LogP contribution in [0.4, 0.5) is 8.78 Å². The molecule has 0 aliphatic rings. The van der Waals surface area contributed by atoms with Gasteiger partial charge in [-0.3, -0.25) is 0 Å². The molecular formula is C11H14F2O4S. The molecule has 1 aromatic rings. The van der Waals surface area contributed by atoms with Gasteiger partial charge in [-0.1, -0.05) is 13.8 Å². The second-order valence-electron chi connectivity index (χ2n) is 4.71. The van der Waals surface area contributed by atoms with Crippen LogP contribution in [0.2, 0.25) is 0 Å². The number of aromatic hydroxyl groups is 1. The average molecular weight is 280 g/mol. The summed E-state index contributed by atoms with van der Waals surface area (Å²) < 4.78 is 49.8.